The third-order valence-corrected chi connectivity index (χ3v) is 4.49. The summed E-state index contributed by atoms with van der Waals surface area (Å²) in [6, 6.07) is 20.5. The minimum Gasteiger partial charge on any atom is -0.478 e. The number of carboxylic acid groups (broad SMARTS) is 1. The van der Waals surface area contributed by atoms with Gasteiger partial charge in [-0.25, -0.2) is 4.79 Å². The van der Waals surface area contributed by atoms with Gasteiger partial charge in [-0.15, -0.1) is 10.2 Å². The molecular formula is C19H12N8O2. The lowest BCUT2D eigenvalue weighted by Crippen LogP contribution is -2.01. The van der Waals surface area contributed by atoms with Crippen LogP contribution < -0.4 is 0 Å². The number of fused-ring (bicyclic) bond motifs is 6. The number of benzene rings is 2. The highest BCUT2D eigenvalue weighted by Crippen LogP contribution is 2.20. The zero-order chi connectivity index (χ0) is 19.8. The van der Waals surface area contributed by atoms with E-state index in [1.165, 1.54) is 10.6 Å². The van der Waals surface area contributed by atoms with Gasteiger partial charge in [-0.3, -0.25) is 0 Å². The molecule has 0 atom stereocenters. The highest BCUT2D eigenvalue weighted by molar-refractivity contribution is 6.03. The first-order chi connectivity index (χ1) is 14.2. The summed E-state index contributed by atoms with van der Waals surface area (Å²) in [6.45, 7) is 0. The molecule has 140 valence electrons. The SMILES string of the molecule is O=C(O)c1cc2nnnn2c2ccccc12.c1ccc2c(c1)ccc1nnnn12. The molecule has 4 aromatic heterocycles. The van der Waals surface area contributed by atoms with Gasteiger partial charge in [0.1, 0.15) is 0 Å². The largest absolute Gasteiger partial charge is 0.478 e. The molecule has 0 bridgehead atoms. The molecule has 4 heterocycles. The average molecular weight is 384 g/mol. The maximum atomic E-state index is 11.1. The first kappa shape index (κ1) is 16.7. The summed E-state index contributed by atoms with van der Waals surface area (Å²) in [5, 5.41) is 33.3. The van der Waals surface area contributed by atoms with E-state index in [0.29, 0.717) is 16.6 Å². The number of carboxylic acids is 1. The molecule has 0 aliphatic heterocycles. The van der Waals surface area contributed by atoms with E-state index in [-0.39, 0.29) is 5.56 Å². The maximum Gasteiger partial charge on any atom is 0.336 e. The molecule has 10 nitrogen and oxygen atoms in total. The molecule has 0 fully saturated rings. The molecule has 29 heavy (non-hydrogen) atoms. The number of tetrazole rings is 2. The fourth-order valence-electron chi connectivity index (χ4n) is 3.18. The summed E-state index contributed by atoms with van der Waals surface area (Å²) in [4.78, 5) is 11.1. The molecule has 0 aliphatic carbocycles. The van der Waals surface area contributed by atoms with Crippen LogP contribution in [0.2, 0.25) is 0 Å². The van der Waals surface area contributed by atoms with Crippen molar-refractivity contribution < 1.29 is 9.90 Å². The minimum absolute atomic E-state index is 0.206. The fraction of sp³-hybridized carbons (Fsp3) is 0. The zero-order valence-corrected chi connectivity index (χ0v) is 14.8. The lowest BCUT2D eigenvalue weighted by molar-refractivity contribution is 0.0699. The monoisotopic (exact) mass is 384 g/mol. The number of aromatic carboxylic acids is 1. The molecule has 0 saturated carbocycles. The average Bonchev–Trinajstić information content (AvgIpc) is 3.43. The van der Waals surface area contributed by atoms with Crippen LogP contribution in [0.1, 0.15) is 10.4 Å². The quantitative estimate of drug-likeness (QED) is 0.458. The Morgan fingerprint density at radius 1 is 0.759 bits per heavy atom. The van der Waals surface area contributed by atoms with E-state index in [4.69, 9.17) is 5.11 Å². The Morgan fingerprint density at radius 2 is 1.41 bits per heavy atom. The minimum atomic E-state index is -0.985. The van der Waals surface area contributed by atoms with Gasteiger partial charge in [-0.2, -0.15) is 9.03 Å². The Morgan fingerprint density at radius 3 is 2.21 bits per heavy atom. The van der Waals surface area contributed by atoms with E-state index in [9.17, 15) is 4.79 Å². The van der Waals surface area contributed by atoms with Gasteiger partial charge in [0.15, 0.2) is 11.3 Å². The van der Waals surface area contributed by atoms with Gasteiger partial charge in [0, 0.05) is 16.8 Å². The van der Waals surface area contributed by atoms with Crippen LogP contribution in [0.4, 0.5) is 0 Å². The first-order valence-electron chi connectivity index (χ1n) is 8.61. The second-order valence-corrected chi connectivity index (χ2v) is 6.17. The lowest BCUT2D eigenvalue weighted by Gasteiger charge is -2.03. The van der Waals surface area contributed by atoms with Gasteiger partial charge in [0.2, 0.25) is 0 Å². The molecule has 0 radical (unpaired) electrons. The van der Waals surface area contributed by atoms with E-state index in [0.717, 1.165) is 16.6 Å². The molecule has 0 unspecified atom stereocenters. The molecule has 0 amide bonds. The van der Waals surface area contributed by atoms with Crippen LogP contribution in [-0.2, 0) is 0 Å². The van der Waals surface area contributed by atoms with Crippen LogP contribution in [-0.4, -0.2) is 51.2 Å². The molecule has 1 N–H and O–H groups in total. The molecule has 6 aromatic rings. The van der Waals surface area contributed by atoms with Gasteiger partial charge in [-0.1, -0.05) is 36.4 Å². The van der Waals surface area contributed by atoms with Crippen molar-refractivity contribution in [3.8, 4) is 0 Å². The first-order valence-corrected chi connectivity index (χ1v) is 8.61. The number of hydrogen-bond donors (Lipinski definition) is 1. The van der Waals surface area contributed by atoms with Crippen LogP contribution in [0.3, 0.4) is 0 Å². The Kier molecular flexibility index (Phi) is 3.80. The number of rotatable bonds is 1. The predicted molar refractivity (Wildman–Crippen MR) is 104 cm³/mol. The van der Waals surface area contributed by atoms with E-state index in [1.54, 1.807) is 22.7 Å². The second kappa shape index (κ2) is 6.60. The number of pyridine rings is 2. The Bertz CT molecular complexity index is 1500. The van der Waals surface area contributed by atoms with Crippen molar-refractivity contribution in [3.05, 3.63) is 72.3 Å². The third kappa shape index (κ3) is 2.79. The van der Waals surface area contributed by atoms with Gasteiger partial charge in [0.05, 0.1) is 16.6 Å². The molecule has 0 aliphatic rings. The van der Waals surface area contributed by atoms with Crippen molar-refractivity contribution in [1.82, 2.24) is 40.1 Å². The Hall–Kier alpha value is -4.47. The highest BCUT2D eigenvalue weighted by Gasteiger charge is 2.13. The van der Waals surface area contributed by atoms with Crippen LogP contribution >= 0.6 is 0 Å². The third-order valence-electron chi connectivity index (χ3n) is 4.49. The van der Waals surface area contributed by atoms with Crippen molar-refractivity contribution in [3.63, 3.8) is 0 Å². The molecule has 0 spiro atoms. The standard InChI is InChI=1S/C10H6N4O2.C9H6N4/c15-10(16)7-5-9-11-12-13-14(9)8-4-2-1-3-6(7)8;1-2-4-8-7(3-1)5-6-9-10-11-12-13(8)9/h1-5H,(H,15,16);1-6H. The van der Waals surface area contributed by atoms with Crippen molar-refractivity contribution in [1.29, 1.82) is 0 Å². The topological polar surface area (TPSA) is 123 Å². The summed E-state index contributed by atoms with van der Waals surface area (Å²) >= 11 is 0. The fourth-order valence-corrected chi connectivity index (χ4v) is 3.18. The normalized spacial score (nSPS) is 11.0. The summed E-state index contributed by atoms with van der Waals surface area (Å²) in [5.41, 5.74) is 3.13. The summed E-state index contributed by atoms with van der Waals surface area (Å²) in [5.74, 6) is -0.985. The van der Waals surface area contributed by atoms with E-state index in [2.05, 4.69) is 31.1 Å². The zero-order valence-electron chi connectivity index (χ0n) is 14.8. The number of nitrogens with zero attached hydrogens (tertiary/aromatic N) is 8. The lowest BCUT2D eigenvalue weighted by atomic mass is 10.1. The van der Waals surface area contributed by atoms with Gasteiger partial charge < -0.3 is 5.11 Å². The number of carbonyl (C=O) groups is 1. The van der Waals surface area contributed by atoms with Crippen LogP contribution in [0.5, 0.6) is 0 Å². The maximum absolute atomic E-state index is 11.1. The van der Waals surface area contributed by atoms with E-state index >= 15 is 0 Å². The molecule has 2 aromatic carbocycles. The predicted octanol–water partition coefficient (Wildman–Crippen LogP) is 2.25. The molecular weight excluding hydrogens is 372 g/mol. The van der Waals surface area contributed by atoms with Crippen LogP contribution in [0.25, 0.3) is 33.1 Å². The number of aromatic nitrogens is 8. The summed E-state index contributed by atoms with van der Waals surface area (Å²) in [7, 11) is 0. The molecule has 0 saturated heterocycles. The highest BCUT2D eigenvalue weighted by atomic mass is 16.4. The van der Waals surface area contributed by atoms with Crippen molar-refractivity contribution >= 4 is 39.1 Å². The second-order valence-electron chi connectivity index (χ2n) is 6.17. The van der Waals surface area contributed by atoms with Gasteiger partial charge in [-0.05, 0) is 45.1 Å². The number of para-hydroxylation sites is 2. The van der Waals surface area contributed by atoms with Gasteiger partial charge >= 0.3 is 5.97 Å². The Balaban J connectivity index is 0.000000128. The van der Waals surface area contributed by atoms with Crippen molar-refractivity contribution in [2.75, 3.05) is 0 Å². The van der Waals surface area contributed by atoms with Crippen molar-refractivity contribution in [2.45, 2.75) is 0 Å². The summed E-state index contributed by atoms with van der Waals surface area (Å²) < 4.78 is 3.25. The van der Waals surface area contributed by atoms with Crippen molar-refractivity contribution in [2.24, 2.45) is 0 Å². The van der Waals surface area contributed by atoms with Gasteiger partial charge in [0.25, 0.3) is 0 Å². The van der Waals surface area contributed by atoms with E-state index in [1.807, 2.05) is 42.5 Å². The Labute approximate surface area is 162 Å². The van der Waals surface area contributed by atoms with Crippen LogP contribution in [0.15, 0.2) is 66.7 Å². The van der Waals surface area contributed by atoms with E-state index < -0.39 is 5.97 Å². The molecule has 6 rings (SSSR count). The smallest absolute Gasteiger partial charge is 0.336 e. The summed E-state index contributed by atoms with van der Waals surface area (Å²) in [6.07, 6.45) is 0. The molecule has 10 heteroatoms. The van der Waals surface area contributed by atoms with Crippen LogP contribution in [0, 0.1) is 0 Å². The number of hydrogen-bond acceptors (Lipinski definition) is 7.